The van der Waals surface area contributed by atoms with Crippen LogP contribution in [0.5, 0.6) is 0 Å². The zero-order valence-corrected chi connectivity index (χ0v) is 7.12. The van der Waals surface area contributed by atoms with Gasteiger partial charge in [0, 0.05) is 6.04 Å². The predicted octanol–water partition coefficient (Wildman–Crippen LogP) is -0.212. The van der Waals surface area contributed by atoms with Crippen molar-refractivity contribution in [3.05, 3.63) is 0 Å². The molecule has 0 aromatic heterocycles. The number of nitrogens with one attached hydrogen (secondary N) is 1. The lowest BCUT2D eigenvalue weighted by atomic mass is 9.91. The van der Waals surface area contributed by atoms with Crippen LogP contribution in [0.1, 0.15) is 19.3 Å². The van der Waals surface area contributed by atoms with Crippen molar-refractivity contribution in [2.45, 2.75) is 25.3 Å². The fraction of sp³-hybridized carbons (Fsp3) is 0.875. The number of aliphatic carboxylic acids is 1. The number of piperidine rings is 1. The molecular formula is C8H16N2O2. The van der Waals surface area contributed by atoms with Crippen molar-refractivity contribution in [3.8, 4) is 0 Å². The summed E-state index contributed by atoms with van der Waals surface area (Å²) in [6.45, 7) is 1.44. The molecule has 4 heteroatoms. The summed E-state index contributed by atoms with van der Waals surface area (Å²) in [5, 5.41) is 12.0. The van der Waals surface area contributed by atoms with Gasteiger partial charge in [-0.05, 0) is 32.4 Å². The van der Waals surface area contributed by atoms with Crippen LogP contribution in [0.3, 0.4) is 0 Å². The Kier molecular flexibility index (Phi) is 3.49. The molecule has 70 valence electrons. The fourth-order valence-electron chi connectivity index (χ4n) is 1.65. The van der Waals surface area contributed by atoms with E-state index in [9.17, 15) is 4.79 Å². The second-order valence-electron chi connectivity index (χ2n) is 3.29. The van der Waals surface area contributed by atoms with Crippen LogP contribution >= 0.6 is 0 Å². The summed E-state index contributed by atoms with van der Waals surface area (Å²) in [4.78, 5) is 10.6. The van der Waals surface area contributed by atoms with E-state index in [0.717, 1.165) is 25.8 Å². The van der Waals surface area contributed by atoms with Gasteiger partial charge < -0.3 is 16.2 Å². The van der Waals surface area contributed by atoms with Crippen LogP contribution in [-0.4, -0.2) is 30.2 Å². The maximum atomic E-state index is 10.6. The van der Waals surface area contributed by atoms with Gasteiger partial charge in [0.05, 0.1) is 5.92 Å². The number of carboxylic acids is 1. The van der Waals surface area contributed by atoms with Crippen molar-refractivity contribution in [3.63, 3.8) is 0 Å². The molecule has 1 rings (SSSR count). The highest BCUT2D eigenvalue weighted by atomic mass is 16.4. The number of hydrogen-bond acceptors (Lipinski definition) is 3. The number of carboxylic acid groups (broad SMARTS) is 1. The average Bonchev–Trinajstić information content (AvgIpc) is 2.05. The largest absolute Gasteiger partial charge is 0.481 e. The second-order valence-corrected chi connectivity index (χ2v) is 3.29. The fourth-order valence-corrected chi connectivity index (χ4v) is 1.65. The van der Waals surface area contributed by atoms with Crippen LogP contribution in [0, 0.1) is 5.92 Å². The van der Waals surface area contributed by atoms with E-state index >= 15 is 0 Å². The molecule has 0 spiro atoms. The van der Waals surface area contributed by atoms with Crippen molar-refractivity contribution in [1.29, 1.82) is 0 Å². The van der Waals surface area contributed by atoms with Gasteiger partial charge in [-0.2, -0.15) is 0 Å². The third kappa shape index (κ3) is 2.46. The number of rotatable bonds is 3. The highest BCUT2D eigenvalue weighted by molar-refractivity contribution is 5.70. The molecule has 0 aromatic rings. The highest BCUT2D eigenvalue weighted by Crippen LogP contribution is 2.17. The summed E-state index contributed by atoms with van der Waals surface area (Å²) < 4.78 is 0. The molecule has 4 N–H and O–H groups in total. The van der Waals surface area contributed by atoms with Gasteiger partial charge in [-0.25, -0.2) is 0 Å². The Labute approximate surface area is 72.1 Å². The first-order valence-corrected chi connectivity index (χ1v) is 4.40. The smallest absolute Gasteiger partial charge is 0.306 e. The number of carbonyl (C=O) groups is 1. The molecule has 1 heterocycles. The molecule has 0 aliphatic carbocycles. The van der Waals surface area contributed by atoms with E-state index in [1.807, 2.05) is 0 Å². The number of hydrogen-bond donors (Lipinski definition) is 3. The molecule has 0 amide bonds. The summed E-state index contributed by atoms with van der Waals surface area (Å²) in [6.07, 6.45) is 2.35. The first-order chi connectivity index (χ1) is 5.74. The molecule has 1 fully saturated rings. The molecule has 1 aliphatic heterocycles. The summed E-state index contributed by atoms with van der Waals surface area (Å²) in [7, 11) is 0. The van der Waals surface area contributed by atoms with E-state index in [2.05, 4.69) is 5.32 Å². The Hall–Kier alpha value is -0.610. The highest BCUT2D eigenvalue weighted by Gasteiger charge is 2.25. The minimum atomic E-state index is -0.668. The molecule has 1 aliphatic rings. The molecule has 4 nitrogen and oxygen atoms in total. The zero-order valence-electron chi connectivity index (χ0n) is 7.12. The Morgan fingerprint density at radius 1 is 1.67 bits per heavy atom. The Balaban J connectivity index is 2.35. The van der Waals surface area contributed by atoms with Gasteiger partial charge in [-0.3, -0.25) is 4.79 Å². The average molecular weight is 172 g/mol. The second kappa shape index (κ2) is 4.42. The van der Waals surface area contributed by atoms with Crippen LogP contribution in [0.15, 0.2) is 0 Å². The standard InChI is InChI=1S/C8H16N2O2/c9-3-1-7-5-6(8(11)12)2-4-10-7/h6-7,10H,1-5,9H2,(H,11,12). The van der Waals surface area contributed by atoms with Crippen LogP contribution in [-0.2, 0) is 4.79 Å². The predicted molar refractivity (Wildman–Crippen MR) is 45.8 cm³/mol. The first-order valence-electron chi connectivity index (χ1n) is 4.40. The molecule has 2 atom stereocenters. The quantitative estimate of drug-likeness (QED) is 0.550. The van der Waals surface area contributed by atoms with Gasteiger partial charge in [0.2, 0.25) is 0 Å². The number of nitrogens with two attached hydrogens (primary N) is 1. The van der Waals surface area contributed by atoms with Crippen molar-refractivity contribution >= 4 is 5.97 Å². The van der Waals surface area contributed by atoms with E-state index < -0.39 is 5.97 Å². The van der Waals surface area contributed by atoms with E-state index in [4.69, 9.17) is 10.8 Å². The lowest BCUT2D eigenvalue weighted by molar-refractivity contribution is -0.143. The van der Waals surface area contributed by atoms with Crippen molar-refractivity contribution in [2.24, 2.45) is 11.7 Å². The molecule has 2 unspecified atom stereocenters. The molecular weight excluding hydrogens is 156 g/mol. The Morgan fingerprint density at radius 3 is 3.00 bits per heavy atom. The van der Waals surface area contributed by atoms with Gasteiger partial charge in [0.25, 0.3) is 0 Å². The molecule has 0 aromatic carbocycles. The van der Waals surface area contributed by atoms with Crippen LogP contribution in [0.25, 0.3) is 0 Å². The molecule has 0 bridgehead atoms. The normalized spacial score (nSPS) is 30.1. The van der Waals surface area contributed by atoms with Gasteiger partial charge in [-0.1, -0.05) is 0 Å². The maximum absolute atomic E-state index is 10.6. The lowest BCUT2D eigenvalue weighted by Crippen LogP contribution is -2.41. The summed E-state index contributed by atoms with van der Waals surface area (Å²) >= 11 is 0. The Bertz CT molecular complexity index is 159. The third-order valence-electron chi connectivity index (χ3n) is 2.36. The third-order valence-corrected chi connectivity index (χ3v) is 2.36. The van der Waals surface area contributed by atoms with E-state index in [-0.39, 0.29) is 5.92 Å². The van der Waals surface area contributed by atoms with Gasteiger partial charge >= 0.3 is 5.97 Å². The summed E-state index contributed by atoms with van der Waals surface area (Å²) in [5.74, 6) is -0.832. The maximum Gasteiger partial charge on any atom is 0.306 e. The van der Waals surface area contributed by atoms with Crippen LogP contribution < -0.4 is 11.1 Å². The van der Waals surface area contributed by atoms with Crippen LogP contribution in [0.2, 0.25) is 0 Å². The van der Waals surface area contributed by atoms with Crippen molar-refractivity contribution in [1.82, 2.24) is 5.32 Å². The van der Waals surface area contributed by atoms with Crippen molar-refractivity contribution < 1.29 is 9.90 Å². The lowest BCUT2D eigenvalue weighted by Gasteiger charge is -2.27. The zero-order chi connectivity index (χ0) is 8.97. The van der Waals surface area contributed by atoms with E-state index in [1.165, 1.54) is 0 Å². The summed E-state index contributed by atoms with van der Waals surface area (Å²) in [5.41, 5.74) is 5.39. The molecule has 1 saturated heterocycles. The van der Waals surface area contributed by atoms with Gasteiger partial charge in [0.15, 0.2) is 0 Å². The monoisotopic (exact) mass is 172 g/mol. The van der Waals surface area contributed by atoms with Crippen LogP contribution in [0.4, 0.5) is 0 Å². The van der Waals surface area contributed by atoms with E-state index in [0.29, 0.717) is 12.6 Å². The summed E-state index contributed by atoms with van der Waals surface area (Å²) in [6, 6.07) is 0.310. The SMILES string of the molecule is NCCC1CC(C(=O)O)CCN1. The molecule has 12 heavy (non-hydrogen) atoms. The van der Waals surface area contributed by atoms with E-state index in [1.54, 1.807) is 0 Å². The molecule has 0 radical (unpaired) electrons. The van der Waals surface area contributed by atoms with Crippen molar-refractivity contribution in [2.75, 3.05) is 13.1 Å². The first kappa shape index (κ1) is 9.48. The Morgan fingerprint density at radius 2 is 2.42 bits per heavy atom. The minimum absolute atomic E-state index is 0.164. The minimum Gasteiger partial charge on any atom is -0.481 e. The molecule has 0 saturated carbocycles. The van der Waals surface area contributed by atoms with Gasteiger partial charge in [-0.15, -0.1) is 0 Å². The topological polar surface area (TPSA) is 75.4 Å². The van der Waals surface area contributed by atoms with Gasteiger partial charge in [0.1, 0.15) is 0 Å².